The first-order chi connectivity index (χ1) is 10.2. The molecular formula is C15H13ClN4O. The molecule has 1 aromatic carbocycles. The van der Waals surface area contributed by atoms with Crippen LogP contribution in [0.15, 0.2) is 29.3 Å². The Hall–Kier alpha value is -2.06. The molecule has 5 nitrogen and oxygen atoms in total. The van der Waals surface area contributed by atoms with Crippen LogP contribution in [0.4, 0.5) is 5.69 Å². The Morgan fingerprint density at radius 2 is 2.24 bits per heavy atom. The fourth-order valence-electron chi connectivity index (χ4n) is 3.95. The lowest BCUT2D eigenvalue weighted by Gasteiger charge is -2.28. The molecule has 1 aliphatic carbocycles. The predicted octanol–water partition coefficient (Wildman–Crippen LogP) is 2.38. The van der Waals surface area contributed by atoms with Gasteiger partial charge in [0.05, 0.1) is 5.69 Å². The highest BCUT2D eigenvalue weighted by molar-refractivity contribution is 6.31. The van der Waals surface area contributed by atoms with Crippen molar-refractivity contribution >= 4 is 29.2 Å². The van der Waals surface area contributed by atoms with Crippen molar-refractivity contribution in [2.75, 3.05) is 4.90 Å². The third-order valence-corrected chi connectivity index (χ3v) is 4.94. The van der Waals surface area contributed by atoms with Gasteiger partial charge in [0.25, 0.3) is 5.91 Å². The van der Waals surface area contributed by atoms with E-state index in [0.717, 1.165) is 19.3 Å². The van der Waals surface area contributed by atoms with Gasteiger partial charge in [-0.05, 0) is 43.4 Å². The molecule has 3 fully saturated rings. The molecule has 1 saturated carbocycles. The molecule has 0 aromatic heterocycles. The molecule has 3 atom stereocenters. The van der Waals surface area contributed by atoms with Crippen molar-refractivity contribution in [1.29, 1.82) is 5.26 Å². The number of amides is 1. The average Bonchev–Trinajstić information content (AvgIpc) is 3.13. The second kappa shape index (κ2) is 4.47. The molecule has 1 aromatic rings. The second-order valence-corrected chi connectivity index (χ2v) is 6.18. The van der Waals surface area contributed by atoms with Crippen LogP contribution in [0.2, 0.25) is 5.02 Å². The molecular weight excluding hydrogens is 288 g/mol. The number of hydrogen-bond acceptors (Lipinski definition) is 3. The van der Waals surface area contributed by atoms with Gasteiger partial charge in [0.15, 0.2) is 0 Å². The number of nitriles is 1. The van der Waals surface area contributed by atoms with Crippen LogP contribution in [0.3, 0.4) is 0 Å². The normalized spacial score (nSPS) is 31.9. The molecule has 106 valence electrons. The number of fused-ring (bicyclic) bond motifs is 5. The van der Waals surface area contributed by atoms with E-state index in [1.165, 1.54) is 0 Å². The van der Waals surface area contributed by atoms with Crippen LogP contribution in [0.5, 0.6) is 0 Å². The molecule has 6 heteroatoms. The summed E-state index contributed by atoms with van der Waals surface area (Å²) in [6, 6.07) is 7.29. The fourth-order valence-corrected chi connectivity index (χ4v) is 4.13. The SMILES string of the molecule is N#C/N=C1\N(c2cccc(Cl)c2)C(=O)[C@@H]2C3CCC(C3)N12. The summed E-state index contributed by atoms with van der Waals surface area (Å²) in [4.78, 5) is 20.3. The summed E-state index contributed by atoms with van der Waals surface area (Å²) >= 11 is 6.03. The lowest BCUT2D eigenvalue weighted by Crippen LogP contribution is -2.41. The maximum atomic E-state index is 12.8. The Bertz CT molecular complexity index is 695. The van der Waals surface area contributed by atoms with Crippen molar-refractivity contribution in [3.63, 3.8) is 0 Å². The largest absolute Gasteiger partial charge is 0.326 e. The van der Waals surface area contributed by atoms with E-state index in [9.17, 15) is 4.79 Å². The Labute approximate surface area is 127 Å². The number of anilines is 1. The van der Waals surface area contributed by atoms with Crippen molar-refractivity contribution < 1.29 is 4.79 Å². The number of carbonyl (C=O) groups excluding carboxylic acids is 1. The van der Waals surface area contributed by atoms with Crippen LogP contribution in [0.1, 0.15) is 19.3 Å². The molecule has 1 amide bonds. The van der Waals surface area contributed by atoms with Gasteiger partial charge in [-0.15, -0.1) is 4.99 Å². The smallest absolute Gasteiger partial charge is 0.257 e. The molecule has 2 aliphatic heterocycles. The number of rotatable bonds is 1. The highest BCUT2D eigenvalue weighted by Gasteiger charge is 2.58. The highest BCUT2D eigenvalue weighted by Crippen LogP contribution is 2.47. The first-order valence-electron chi connectivity index (χ1n) is 7.05. The van der Waals surface area contributed by atoms with Crippen molar-refractivity contribution in [3.8, 4) is 6.19 Å². The highest BCUT2D eigenvalue weighted by atomic mass is 35.5. The summed E-state index contributed by atoms with van der Waals surface area (Å²) in [5.74, 6) is 0.857. The van der Waals surface area contributed by atoms with Gasteiger partial charge < -0.3 is 4.90 Å². The van der Waals surface area contributed by atoms with E-state index in [4.69, 9.17) is 16.9 Å². The molecule has 4 rings (SSSR count). The Morgan fingerprint density at radius 1 is 1.38 bits per heavy atom. The zero-order chi connectivity index (χ0) is 14.6. The quantitative estimate of drug-likeness (QED) is 0.748. The maximum Gasteiger partial charge on any atom is 0.257 e. The standard InChI is InChI=1S/C15H13ClN4O/c16-10-2-1-3-11(7-10)20-14(21)13-9-4-5-12(6-9)19(13)15(20)18-8-17/h1-3,7,9,12-13H,4-6H2/b18-15-/t9?,12?,13-/m0/s1. The number of benzene rings is 1. The Balaban J connectivity index is 1.82. The minimum Gasteiger partial charge on any atom is -0.326 e. The summed E-state index contributed by atoms with van der Waals surface area (Å²) in [5, 5.41) is 9.56. The van der Waals surface area contributed by atoms with E-state index < -0.39 is 0 Å². The Morgan fingerprint density at radius 3 is 3.00 bits per heavy atom. The van der Waals surface area contributed by atoms with Gasteiger partial charge in [-0.2, -0.15) is 5.26 Å². The zero-order valence-electron chi connectivity index (χ0n) is 11.2. The van der Waals surface area contributed by atoms with Gasteiger partial charge >= 0.3 is 0 Å². The van der Waals surface area contributed by atoms with Gasteiger partial charge in [0.2, 0.25) is 12.2 Å². The average molecular weight is 301 g/mol. The fraction of sp³-hybridized carbons (Fsp3) is 0.400. The zero-order valence-corrected chi connectivity index (χ0v) is 12.0. The number of guanidine groups is 1. The third kappa shape index (κ3) is 1.69. The minimum absolute atomic E-state index is 0.0125. The minimum atomic E-state index is -0.158. The first kappa shape index (κ1) is 12.7. The van der Waals surface area contributed by atoms with Gasteiger partial charge in [-0.3, -0.25) is 4.79 Å². The molecule has 2 unspecified atom stereocenters. The van der Waals surface area contributed by atoms with Gasteiger partial charge in [0, 0.05) is 11.1 Å². The number of aliphatic imine (C=N–C) groups is 1. The topological polar surface area (TPSA) is 59.7 Å². The van der Waals surface area contributed by atoms with Crippen LogP contribution in [0.25, 0.3) is 0 Å². The van der Waals surface area contributed by atoms with Crippen molar-refractivity contribution in [1.82, 2.24) is 4.90 Å². The molecule has 21 heavy (non-hydrogen) atoms. The lowest BCUT2D eigenvalue weighted by atomic mass is 9.99. The lowest BCUT2D eigenvalue weighted by molar-refractivity contribution is -0.120. The third-order valence-electron chi connectivity index (χ3n) is 4.71. The molecule has 2 bridgehead atoms. The van der Waals surface area contributed by atoms with Crippen molar-refractivity contribution in [3.05, 3.63) is 29.3 Å². The van der Waals surface area contributed by atoms with Crippen LogP contribution in [-0.4, -0.2) is 28.9 Å². The van der Waals surface area contributed by atoms with E-state index in [1.54, 1.807) is 23.1 Å². The predicted molar refractivity (Wildman–Crippen MR) is 78.7 cm³/mol. The summed E-state index contributed by atoms with van der Waals surface area (Å²) in [5.41, 5.74) is 0.676. The summed E-state index contributed by atoms with van der Waals surface area (Å²) in [7, 11) is 0. The van der Waals surface area contributed by atoms with Crippen LogP contribution in [0, 0.1) is 17.4 Å². The van der Waals surface area contributed by atoms with Gasteiger partial charge in [-0.25, -0.2) is 4.90 Å². The van der Waals surface area contributed by atoms with Crippen LogP contribution in [-0.2, 0) is 4.79 Å². The van der Waals surface area contributed by atoms with E-state index in [-0.39, 0.29) is 11.9 Å². The van der Waals surface area contributed by atoms with Crippen molar-refractivity contribution in [2.24, 2.45) is 10.9 Å². The maximum absolute atomic E-state index is 12.8. The van der Waals surface area contributed by atoms with Crippen LogP contribution >= 0.6 is 11.6 Å². The molecule has 0 radical (unpaired) electrons. The molecule has 0 N–H and O–H groups in total. The van der Waals surface area contributed by atoms with E-state index >= 15 is 0 Å². The summed E-state index contributed by atoms with van der Waals surface area (Å²) in [6.45, 7) is 0. The number of piperidine rings is 1. The molecule has 3 aliphatic rings. The Kier molecular flexibility index (Phi) is 2.69. The number of carbonyl (C=O) groups is 1. The second-order valence-electron chi connectivity index (χ2n) is 5.74. The van der Waals surface area contributed by atoms with E-state index in [1.807, 2.05) is 17.2 Å². The molecule has 2 saturated heterocycles. The number of halogens is 1. The number of nitrogens with zero attached hydrogens (tertiary/aromatic N) is 4. The monoisotopic (exact) mass is 300 g/mol. The first-order valence-corrected chi connectivity index (χ1v) is 7.43. The van der Waals surface area contributed by atoms with E-state index in [2.05, 4.69) is 4.99 Å². The summed E-state index contributed by atoms with van der Waals surface area (Å²) in [6.07, 6.45) is 5.02. The molecule has 2 heterocycles. The van der Waals surface area contributed by atoms with E-state index in [0.29, 0.717) is 28.6 Å². The molecule has 0 spiro atoms. The number of hydrogen-bond donors (Lipinski definition) is 0. The van der Waals surface area contributed by atoms with Crippen molar-refractivity contribution in [2.45, 2.75) is 31.3 Å². The van der Waals surface area contributed by atoms with Gasteiger partial charge in [-0.1, -0.05) is 17.7 Å². The van der Waals surface area contributed by atoms with Gasteiger partial charge in [0.1, 0.15) is 6.04 Å². The summed E-state index contributed by atoms with van der Waals surface area (Å²) < 4.78 is 0. The van der Waals surface area contributed by atoms with Crippen LogP contribution < -0.4 is 4.90 Å².